The molecule has 9 heteroatoms. The molecule has 0 bridgehead atoms. The Labute approximate surface area is 538 Å². The van der Waals surface area contributed by atoms with E-state index in [4.69, 9.17) is 18.9 Å². The van der Waals surface area contributed by atoms with Crippen molar-refractivity contribution < 1.29 is 42.9 Å². The smallest absolute Gasteiger partial charge is 0.306 e. The molecule has 0 spiro atoms. The van der Waals surface area contributed by atoms with Gasteiger partial charge in [0.1, 0.15) is 13.2 Å². The van der Waals surface area contributed by atoms with Crippen LogP contribution in [0.3, 0.4) is 0 Å². The van der Waals surface area contributed by atoms with E-state index in [0.717, 1.165) is 83.5 Å². The minimum atomic E-state index is -1.63. The second-order valence-electron chi connectivity index (χ2n) is 26.2. The number of ether oxygens (including phenoxy) is 4. The van der Waals surface area contributed by atoms with Gasteiger partial charge in [0.25, 0.3) is 0 Å². The lowest BCUT2D eigenvalue weighted by molar-refractivity contribution is -0.870. The van der Waals surface area contributed by atoms with Crippen molar-refractivity contribution in [3.05, 3.63) is 72.9 Å². The quantitative estimate of drug-likeness (QED) is 0.0195. The van der Waals surface area contributed by atoms with Crippen LogP contribution < -0.4 is 5.11 Å². The van der Waals surface area contributed by atoms with E-state index >= 15 is 0 Å². The minimum Gasteiger partial charge on any atom is -0.545 e. The van der Waals surface area contributed by atoms with Crippen molar-refractivity contribution in [2.75, 3.05) is 47.5 Å². The van der Waals surface area contributed by atoms with Gasteiger partial charge in [0.05, 0.1) is 40.3 Å². The summed E-state index contributed by atoms with van der Waals surface area (Å²) < 4.78 is 22.8. The predicted octanol–water partition coefficient (Wildman–Crippen LogP) is 21.9. The molecule has 0 saturated heterocycles. The Balaban J connectivity index is 4.06. The number of carboxylic acids is 1. The number of quaternary nitrogens is 1. The van der Waals surface area contributed by atoms with Crippen molar-refractivity contribution in [2.24, 2.45) is 0 Å². The SMILES string of the molecule is CC/C=C\C/C=C\C/C=C\C/C=C\C/C=C\C/C=C\CCCCCCCCCCCCC(=O)OC(COC(=O)CCCCCCCCCCCCCCCCCCCCCCCCCCCCCCCCCCC)COC(OCC[N+](C)(C)C)C(=O)[O-]. The molecule has 0 aliphatic heterocycles. The van der Waals surface area contributed by atoms with E-state index in [1.165, 1.54) is 231 Å². The number of hydrogen-bond donors (Lipinski definition) is 0. The van der Waals surface area contributed by atoms with Crippen LogP contribution in [-0.2, 0) is 33.3 Å². The highest BCUT2D eigenvalue weighted by Crippen LogP contribution is 2.19. The fraction of sp³-hybridized carbons (Fsp3) is 0.808. The number of carbonyl (C=O) groups is 3. The fourth-order valence-electron chi connectivity index (χ4n) is 10.8. The molecular formula is C78H141NO8. The van der Waals surface area contributed by atoms with Crippen LogP contribution in [0.2, 0.25) is 0 Å². The van der Waals surface area contributed by atoms with Crippen LogP contribution >= 0.6 is 0 Å². The van der Waals surface area contributed by atoms with Gasteiger partial charge < -0.3 is 33.3 Å². The molecule has 0 aliphatic carbocycles. The highest BCUT2D eigenvalue weighted by molar-refractivity contribution is 5.70. The summed E-state index contributed by atoms with van der Waals surface area (Å²) in [6.07, 6.45) is 88.6. The zero-order valence-corrected chi connectivity index (χ0v) is 57.9. The minimum absolute atomic E-state index is 0.146. The second-order valence-corrected chi connectivity index (χ2v) is 26.2. The molecule has 0 aromatic rings. The number of aliphatic carboxylic acids is 1. The predicted molar refractivity (Wildman–Crippen MR) is 371 cm³/mol. The van der Waals surface area contributed by atoms with Crippen molar-refractivity contribution in [3.63, 3.8) is 0 Å². The van der Waals surface area contributed by atoms with Crippen molar-refractivity contribution in [1.82, 2.24) is 0 Å². The summed E-state index contributed by atoms with van der Waals surface area (Å²) in [4.78, 5) is 37.5. The third-order valence-corrected chi connectivity index (χ3v) is 16.5. The molecule has 0 radical (unpaired) electrons. The molecular weight excluding hydrogens is 1080 g/mol. The van der Waals surface area contributed by atoms with Gasteiger partial charge in [-0.1, -0.05) is 344 Å². The van der Waals surface area contributed by atoms with Gasteiger partial charge in [-0.3, -0.25) is 9.59 Å². The molecule has 0 saturated carbocycles. The molecule has 0 N–H and O–H groups in total. The van der Waals surface area contributed by atoms with E-state index in [0.29, 0.717) is 23.9 Å². The Bertz CT molecular complexity index is 1660. The number of allylic oxidation sites excluding steroid dienone is 12. The Hall–Kier alpha value is -3.27. The standard InChI is InChI=1S/C78H141NO8/c1-6-8-10-12-14-16-18-20-22-24-26-28-30-32-34-36-37-38-39-41-42-44-46-48-50-52-54-56-58-60-62-64-66-68-75(80)85-72-74(73-86-78(77(82)83)84-71-70-79(3,4)5)87-76(81)69-67-65-63-61-59-57-55-53-51-49-47-45-43-40-35-33-31-29-27-25-23-21-19-17-15-13-11-9-7-2/h9,11,15,17,21,23,27,29,33,35,43,45,74,78H,6-8,10,12-14,16,18-20,22,24-26,28,30-32,34,36-42,44,46-73H2,1-5H3/b11-9-,17-15-,23-21-,29-27-,35-33-,45-43-. The maximum absolute atomic E-state index is 12.9. The highest BCUT2D eigenvalue weighted by atomic mass is 16.7. The van der Waals surface area contributed by atoms with Crippen molar-refractivity contribution in [1.29, 1.82) is 0 Å². The lowest BCUT2D eigenvalue weighted by Crippen LogP contribution is -2.44. The lowest BCUT2D eigenvalue weighted by atomic mass is 10.0. The molecule has 0 aromatic carbocycles. The number of carbonyl (C=O) groups excluding carboxylic acids is 3. The first-order valence-corrected chi connectivity index (χ1v) is 37.1. The molecule has 0 rings (SSSR count). The van der Waals surface area contributed by atoms with E-state index in [1.807, 2.05) is 21.1 Å². The summed E-state index contributed by atoms with van der Waals surface area (Å²) in [5, 5.41) is 11.8. The first-order chi connectivity index (χ1) is 42.6. The second kappa shape index (κ2) is 68.6. The van der Waals surface area contributed by atoms with Gasteiger partial charge >= 0.3 is 11.9 Å². The van der Waals surface area contributed by atoms with Gasteiger partial charge in [-0.15, -0.1) is 0 Å². The Morgan fingerprint density at radius 3 is 0.977 bits per heavy atom. The van der Waals surface area contributed by atoms with Crippen molar-refractivity contribution >= 4 is 17.9 Å². The topological polar surface area (TPSA) is 111 Å². The molecule has 2 atom stereocenters. The van der Waals surface area contributed by atoms with Crippen LogP contribution in [0.4, 0.5) is 0 Å². The fourth-order valence-corrected chi connectivity index (χ4v) is 10.8. The largest absolute Gasteiger partial charge is 0.545 e. The lowest BCUT2D eigenvalue weighted by Gasteiger charge is -2.26. The normalized spacial score (nSPS) is 13.1. The summed E-state index contributed by atoms with van der Waals surface area (Å²) >= 11 is 0. The van der Waals surface area contributed by atoms with Gasteiger partial charge in [0, 0.05) is 12.8 Å². The summed E-state index contributed by atoms with van der Waals surface area (Å²) in [5.41, 5.74) is 0. The van der Waals surface area contributed by atoms with Crippen LogP contribution in [0, 0.1) is 0 Å². The number of esters is 2. The summed E-state index contributed by atoms with van der Waals surface area (Å²) in [6.45, 7) is 4.68. The molecule has 0 heterocycles. The van der Waals surface area contributed by atoms with Crippen molar-refractivity contribution in [2.45, 2.75) is 360 Å². The van der Waals surface area contributed by atoms with Gasteiger partial charge in [-0.2, -0.15) is 0 Å². The van der Waals surface area contributed by atoms with Crippen LogP contribution in [0.15, 0.2) is 72.9 Å². The average Bonchev–Trinajstić information content (AvgIpc) is 3.57. The number of likely N-dealkylation sites (N-methyl/N-ethyl adjacent to an activating group) is 1. The molecule has 2 unspecified atom stereocenters. The first-order valence-electron chi connectivity index (χ1n) is 37.1. The third-order valence-electron chi connectivity index (χ3n) is 16.5. The molecule has 9 nitrogen and oxygen atoms in total. The summed E-state index contributed by atoms with van der Waals surface area (Å²) in [7, 11) is 5.94. The van der Waals surface area contributed by atoms with E-state index in [9.17, 15) is 19.5 Å². The summed E-state index contributed by atoms with van der Waals surface area (Å²) in [6, 6.07) is 0. The van der Waals surface area contributed by atoms with Gasteiger partial charge in [-0.05, 0) is 64.2 Å². The monoisotopic (exact) mass is 1220 g/mol. The molecule has 87 heavy (non-hydrogen) atoms. The molecule has 506 valence electrons. The maximum Gasteiger partial charge on any atom is 0.306 e. The molecule has 0 amide bonds. The maximum atomic E-state index is 12.9. The van der Waals surface area contributed by atoms with E-state index < -0.39 is 24.3 Å². The van der Waals surface area contributed by atoms with Crippen LogP contribution in [0.1, 0.15) is 348 Å². The zero-order valence-electron chi connectivity index (χ0n) is 57.9. The Morgan fingerprint density at radius 2 is 0.655 bits per heavy atom. The number of hydrogen-bond acceptors (Lipinski definition) is 8. The summed E-state index contributed by atoms with van der Waals surface area (Å²) in [5.74, 6) is -2.27. The molecule has 0 aromatic heterocycles. The molecule has 0 fully saturated rings. The van der Waals surface area contributed by atoms with Crippen LogP contribution in [0.5, 0.6) is 0 Å². The number of carboxylic acid groups (broad SMARTS) is 1. The number of nitrogens with zero attached hydrogens (tertiary/aromatic N) is 1. The van der Waals surface area contributed by atoms with E-state index in [2.05, 4.69) is 86.8 Å². The number of rotatable bonds is 69. The Kier molecular flexibility index (Phi) is 66.1. The zero-order chi connectivity index (χ0) is 63.3. The highest BCUT2D eigenvalue weighted by Gasteiger charge is 2.22. The van der Waals surface area contributed by atoms with Gasteiger partial charge in [0.15, 0.2) is 12.4 Å². The van der Waals surface area contributed by atoms with E-state index in [-0.39, 0.29) is 32.2 Å². The third kappa shape index (κ3) is 70.1. The van der Waals surface area contributed by atoms with Gasteiger partial charge in [-0.25, -0.2) is 0 Å². The average molecular weight is 1220 g/mol. The van der Waals surface area contributed by atoms with E-state index in [1.54, 1.807) is 0 Å². The van der Waals surface area contributed by atoms with Crippen LogP contribution in [-0.4, -0.2) is 82.3 Å². The number of unbranched alkanes of at least 4 members (excludes halogenated alkanes) is 42. The van der Waals surface area contributed by atoms with Crippen molar-refractivity contribution in [3.8, 4) is 0 Å². The Morgan fingerprint density at radius 1 is 0.356 bits per heavy atom. The van der Waals surface area contributed by atoms with Gasteiger partial charge in [0.2, 0.25) is 0 Å². The first kappa shape index (κ1) is 83.7. The molecule has 0 aliphatic rings. The van der Waals surface area contributed by atoms with Crippen LogP contribution in [0.25, 0.3) is 0 Å².